The fraction of sp³-hybridized carbons (Fsp3) is 0.286. The first-order valence-corrected chi connectivity index (χ1v) is 10.0. The quantitative estimate of drug-likeness (QED) is 0.695. The second kappa shape index (κ2) is 9.97. The van der Waals surface area contributed by atoms with E-state index in [1.165, 1.54) is 24.4 Å². The molecular formula is C21H23N3O4S. The number of nitrogens with zero attached hydrogens (tertiary/aromatic N) is 1. The number of amides is 2. The summed E-state index contributed by atoms with van der Waals surface area (Å²) in [4.78, 5) is 29.0. The Hall–Kier alpha value is -3.00. The van der Waals surface area contributed by atoms with Gasteiger partial charge in [0, 0.05) is 24.7 Å². The second-order valence-electron chi connectivity index (χ2n) is 6.34. The Balaban J connectivity index is 1.51. The minimum Gasteiger partial charge on any atom is -0.493 e. The number of anilines is 1. The van der Waals surface area contributed by atoms with Crippen LogP contribution in [0.1, 0.15) is 12.0 Å². The van der Waals surface area contributed by atoms with E-state index < -0.39 is 5.25 Å². The molecule has 1 heterocycles. The number of benzene rings is 2. The van der Waals surface area contributed by atoms with Crippen molar-refractivity contribution in [2.75, 3.05) is 26.1 Å². The molecule has 1 saturated heterocycles. The van der Waals surface area contributed by atoms with Gasteiger partial charge in [0.25, 0.3) is 0 Å². The number of amidine groups is 1. The van der Waals surface area contributed by atoms with Crippen LogP contribution < -0.4 is 20.1 Å². The van der Waals surface area contributed by atoms with Gasteiger partial charge in [0.2, 0.25) is 11.8 Å². The van der Waals surface area contributed by atoms with Crippen LogP contribution in [0.15, 0.2) is 53.5 Å². The Labute approximate surface area is 173 Å². The van der Waals surface area contributed by atoms with Crippen LogP contribution in [0.25, 0.3) is 0 Å². The van der Waals surface area contributed by atoms with Gasteiger partial charge in [0.15, 0.2) is 16.7 Å². The molecule has 0 aromatic heterocycles. The highest BCUT2D eigenvalue weighted by molar-refractivity contribution is 8.15. The van der Waals surface area contributed by atoms with E-state index in [0.29, 0.717) is 28.9 Å². The fourth-order valence-corrected chi connectivity index (χ4v) is 3.84. The number of carbonyl (C=O) groups excluding carboxylic acids is 2. The molecule has 0 bridgehead atoms. The van der Waals surface area contributed by atoms with Crippen LogP contribution in [0.3, 0.4) is 0 Å². The molecule has 1 aliphatic rings. The summed E-state index contributed by atoms with van der Waals surface area (Å²) in [6.07, 6.45) is 0.855. The highest BCUT2D eigenvalue weighted by atomic mass is 32.2. The lowest BCUT2D eigenvalue weighted by Crippen LogP contribution is -2.28. The van der Waals surface area contributed by atoms with Gasteiger partial charge in [0.1, 0.15) is 5.25 Å². The average molecular weight is 413 g/mol. The molecular weight excluding hydrogens is 390 g/mol. The van der Waals surface area contributed by atoms with Gasteiger partial charge >= 0.3 is 0 Å². The van der Waals surface area contributed by atoms with Gasteiger partial charge in [0.05, 0.1) is 14.2 Å². The van der Waals surface area contributed by atoms with Crippen molar-refractivity contribution in [3.05, 3.63) is 54.1 Å². The molecule has 2 N–H and O–H groups in total. The molecule has 3 rings (SSSR count). The summed E-state index contributed by atoms with van der Waals surface area (Å²) < 4.78 is 10.4. The summed E-state index contributed by atoms with van der Waals surface area (Å²) in [5.74, 6) is 0.644. The fourth-order valence-electron chi connectivity index (χ4n) is 2.84. The molecule has 0 aliphatic carbocycles. The van der Waals surface area contributed by atoms with E-state index in [9.17, 15) is 9.59 Å². The predicted octanol–water partition coefficient (Wildman–Crippen LogP) is 2.86. The maximum Gasteiger partial charge on any atom is 0.240 e. The van der Waals surface area contributed by atoms with Gasteiger partial charge in [-0.3, -0.25) is 14.6 Å². The van der Waals surface area contributed by atoms with Gasteiger partial charge in [-0.25, -0.2) is 0 Å². The van der Waals surface area contributed by atoms with Crippen molar-refractivity contribution in [2.45, 2.75) is 18.1 Å². The van der Waals surface area contributed by atoms with Crippen molar-refractivity contribution in [3.63, 3.8) is 0 Å². The Kier molecular flexibility index (Phi) is 7.13. The SMILES string of the molecule is COc1ccc(NC(=O)CC2SC(=NCCc3ccccc3)NC2=O)cc1OC. The van der Waals surface area contributed by atoms with Crippen LogP contribution in [-0.4, -0.2) is 43.0 Å². The normalized spacial score (nSPS) is 17.1. The molecule has 1 unspecified atom stereocenters. The molecule has 1 atom stereocenters. The summed E-state index contributed by atoms with van der Waals surface area (Å²) in [6.45, 7) is 0.581. The number of hydrogen-bond acceptors (Lipinski definition) is 6. The van der Waals surface area contributed by atoms with Crippen molar-refractivity contribution in [2.24, 2.45) is 4.99 Å². The van der Waals surface area contributed by atoms with Crippen LogP contribution in [-0.2, 0) is 16.0 Å². The largest absolute Gasteiger partial charge is 0.493 e. The van der Waals surface area contributed by atoms with Gasteiger partial charge < -0.3 is 20.1 Å². The maximum atomic E-state index is 12.4. The molecule has 29 heavy (non-hydrogen) atoms. The molecule has 152 valence electrons. The summed E-state index contributed by atoms with van der Waals surface area (Å²) in [5, 5.41) is 5.61. The number of ether oxygens (including phenoxy) is 2. The van der Waals surface area contributed by atoms with Crippen molar-refractivity contribution in [3.8, 4) is 11.5 Å². The summed E-state index contributed by atoms with van der Waals surface area (Å²) in [6, 6.07) is 15.1. The molecule has 0 radical (unpaired) electrons. The minimum absolute atomic E-state index is 0.0581. The van der Waals surface area contributed by atoms with Gasteiger partial charge in [-0.05, 0) is 24.1 Å². The summed E-state index contributed by atoms with van der Waals surface area (Å²) in [5.41, 5.74) is 1.77. The molecule has 0 spiro atoms. The third kappa shape index (κ3) is 5.74. The van der Waals surface area contributed by atoms with Crippen molar-refractivity contribution < 1.29 is 19.1 Å². The Morgan fingerprint density at radius 3 is 2.62 bits per heavy atom. The van der Waals surface area contributed by atoms with Crippen LogP contribution in [0.2, 0.25) is 0 Å². The highest BCUT2D eigenvalue weighted by Crippen LogP contribution is 2.30. The summed E-state index contributed by atoms with van der Waals surface area (Å²) >= 11 is 1.29. The summed E-state index contributed by atoms with van der Waals surface area (Å²) in [7, 11) is 3.08. The lowest BCUT2D eigenvalue weighted by Gasteiger charge is -2.11. The first-order valence-electron chi connectivity index (χ1n) is 9.17. The standard InChI is InChI=1S/C21H23N3O4S/c1-27-16-9-8-15(12-17(16)28-2)23-19(25)13-18-20(26)24-21(29-18)22-11-10-14-6-4-3-5-7-14/h3-9,12,18H,10-11,13H2,1-2H3,(H,23,25)(H,22,24,26). The van der Waals surface area contributed by atoms with Gasteiger partial charge in [-0.15, -0.1) is 0 Å². The number of aliphatic imine (C=N–C) groups is 1. The van der Waals surface area contributed by atoms with Gasteiger partial charge in [-0.1, -0.05) is 42.1 Å². The lowest BCUT2D eigenvalue weighted by atomic mass is 10.2. The lowest BCUT2D eigenvalue weighted by molar-refractivity contribution is -0.122. The predicted molar refractivity (Wildman–Crippen MR) is 115 cm³/mol. The number of hydrogen-bond donors (Lipinski definition) is 2. The number of rotatable bonds is 8. The third-order valence-electron chi connectivity index (χ3n) is 4.31. The van der Waals surface area contributed by atoms with E-state index >= 15 is 0 Å². The number of methoxy groups -OCH3 is 2. The van der Waals surface area contributed by atoms with E-state index in [1.54, 1.807) is 25.3 Å². The zero-order chi connectivity index (χ0) is 20.6. The minimum atomic E-state index is -0.495. The molecule has 7 nitrogen and oxygen atoms in total. The Bertz CT molecular complexity index is 902. The highest BCUT2D eigenvalue weighted by Gasteiger charge is 2.32. The molecule has 1 aliphatic heterocycles. The van der Waals surface area contributed by atoms with E-state index in [4.69, 9.17) is 9.47 Å². The van der Waals surface area contributed by atoms with E-state index in [1.807, 2.05) is 30.3 Å². The zero-order valence-corrected chi connectivity index (χ0v) is 17.1. The second-order valence-corrected chi connectivity index (χ2v) is 7.53. The van der Waals surface area contributed by atoms with Crippen molar-refractivity contribution in [1.29, 1.82) is 0 Å². The van der Waals surface area contributed by atoms with Crippen LogP contribution in [0.4, 0.5) is 5.69 Å². The van der Waals surface area contributed by atoms with E-state index in [0.717, 1.165) is 6.42 Å². The van der Waals surface area contributed by atoms with Crippen LogP contribution in [0, 0.1) is 0 Å². The smallest absolute Gasteiger partial charge is 0.240 e. The van der Waals surface area contributed by atoms with Crippen LogP contribution in [0.5, 0.6) is 11.5 Å². The molecule has 2 aromatic rings. The average Bonchev–Trinajstić information content (AvgIpc) is 3.07. The van der Waals surface area contributed by atoms with Crippen molar-refractivity contribution >= 4 is 34.4 Å². The molecule has 2 amide bonds. The monoisotopic (exact) mass is 413 g/mol. The zero-order valence-electron chi connectivity index (χ0n) is 16.3. The Morgan fingerprint density at radius 2 is 1.90 bits per heavy atom. The number of thioether (sulfide) groups is 1. The van der Waals surface area contributed by atoms with Crippen LogP contribution >= 0.6 is 11.8 Å². The first kappa shape index (κ1) is 20.7. The maximum absolute atomic E-state index is 12.4. The Morgan fingerprint density at radius 1 is 1.14 bits per heavy atom. The topological polar surface area (TPSA) is 89.0 Å². The molecule has 1 fully saturated rings. The molecule has 8 heteroatoms. The number of nitrogens with one attached hydrogen (secondary N) is 2. The van der Waals surface area contributed by atoms with Gasteiger partial charge in [-0.2, -0.15) is 0 Å². The van der Waals surface area contributed by atoms with Crippen molar-refractivity contribution in [1.82, 2.24) is 5.32 Å². The number of carbonyl (C=O) groups is 2. The molecule has 2 aromatic carbocycles. The van der Waals surface area contributed by atoms with E-state index in [2.05, 4.69) is 15.6 Å². The third-order valence-corrected chi connectivity index (χ3v) is 5.43. The first-order chi connectivity index (χ1) is 14.1. The van der Waals surface area contributed by atoms with E-state index in [-0.39, 0.29) is 18.2 Å². The molecule has 0 saturated carbocycles.